The first-order valence-electron chi connectivity index (χ1n) is 4.17. The fourth-order valence-electron chi connectivity index (χ4n) is 0.956. The van der Waals surface area contributed by atoms with Gasteiger partial charge in [0.15, 0.2) is 0 Å². The maximum absolute atomic E-state index is 8.25. The Morgan fingerprint density at radius 3 is 1.79 bits per heavy atom. The Morgan fingerprint density at radius 2 is 1.50 bits per heavy atom. The maximum atomic E-state index is 8.25. The molecule has 0 spiro atoms. The van der Waals surface area contributed by atoms with Gasteiger partial charge >= 0.3 is 74.6 Å². The number of nitrogens with two attached hydrogens (primary N) is 1. The van der Waals surface area contributed by atoms with Gasteiger partial charge in [0.25, 0.3) is 0 Å². The molecular weight excluding hydrogens is 285 g/mol. The van der Waals surface area contributed by atoms with E-state index in [0.717, 1.165) is 14.2 Å². The normalized spacial score (nSPS) is 7.71. The summed E-state index contributed by atoms with van der Waals surface area (Å²) < 4.78 is 1.21. The van der Waals surface area contributed by atoms with Crippen molar-refractivity contribution in [3.05, 3.63) is 35.4 Å². The van der Waals surface area contributed by atoms with E-state index in [1.165, 1.54) is 38.1 Å². The van der Waals surface area contributed by atoms with Gasteiger partial charge in [0.05, 0.1) is 0 Å². The molecule has 0 atom stereocenters. The van der Waals surface area contributed by atoms with E-state index >= 15 is 0 Å². The van der Waals surface area contributed by atoms with E-state index in [1.54, 1.807) is 0 Å². The molecule has 0 aromatic heterocycles. The summed E-state index contributed by atoms with van der Waals surface area (Å²) in [5.41, 5.74) is 8.27. The summed E-state index contributed by atoms with van der Waals surface area (Å²) in [6.45, 7) is 0.678. The van der Waals surface area contributed by atoms with Crippen LogP contribution in [0, 0.1) is 0 Å². The van der Waals surface area contributed by atoms with Crippen LogP contribution in [0.25, 0.3) is 0 Å². The van der Waals surface area contributed by atoms with Crippen LogP contribution >= 0.6 is 0 Å². The molecule has 0 saturated carbocycles. The Labute approximate surface area is 99.0 Å². The van der Waals surface area contributed by atoms with Gasteiger partial charge in [0.2, 0.25) is 0 Å². The zero-order chi connectivity index (χ0) is 11.4. The first-order valence-corrected chi connectivity index (χ1v) is 6.50. The van der Waals surface area contributed by atoms with Crippen LogP contribution in [0.15, 0.2) is 24.3 Å². The number of hydrogen-bond acceptors (Lipinski definition) is 3. The second kappa shape index (κ2) is 12.9. The fourth-order valence-corrected chi connectivity index (χ4v) is 2.09. The van der Waals surface area contributed by atoms with E-state index in [9.17, 15) is 0 Å². The average molecular weight is 302 g/mol. The van der Waals surface area contributed by atoms with Gasteiger partial charge < -0.3 is 10.2 Å². The monoisotopic (exact) mass is 303 g/mol. The minimum atomic E-state index is 0.678. The van der Waals surface area contributed by atoms with Crippen LogP contribution in [0.1, 0.15) is 11.1 Å². The molecule has 0 amide bonds. The fraction of sp³-hybridized carbons (Fsp3) is 0.400. The van der Waals surface area contributed by atoms with E-state index in [-0.39, 0.29) is 0 Å². The van der Waals surface area contributed by atoms with Crippen molar-refractivity contribution in [2.75, 3.05) is 14.2 Å². The van der Waals surface area contributed by atoms with Crippen LogP contribution < -0.4 is 15.9 Å². The minimum absolute atomic E-state index is 0.678. The third-order valence-electron chi connectivity index (χ3n) is 1.56. The molecule has 0 aliphatic carbocycles. The SMILES string of the molecule is C[O-].C[O-].NCc1ccccc1[CH2][SnH+2]. The first kappa shape index (κ1) is 16.3. The van der Waals surface area contributed by atoms with Gasteiger partial charge in [-0.1, -0.05) is 0 Å². The van der Waals surface area contributed by atoms with E-state index in [2.05, 4.69) is 18.2 Å². The molecule has 0 radical (unpaired) electrons. The molecule has 14 heavy (non-hydrogen) atoms. The van der Waals surface area contributed by atoms with E-state index < -0.39 is 0 Å². The van der Waals surface area contributed by atoms with Crippen LogP contribution in [-0.2, 0) is 11.0 Å². The van der Waals surface area contributed by atoms with Crippen molar-refractivity contribution in [3.8, 4) is 0 Å². The zero-order valence-corrected chi connectivity index (χ0v) is 12.0. The predicted octanol–water partition coefficient (Wildman–Crippen LogP) is -1.50. The van der Waals surface area contributed by atoms with Gasteiger partial charge in [-0.25, -0.2) is 0 Å². The molecule has 4 heteroatoms. The molecule has 1 aromatic carbocycles. The van der Waals surface area contributed by atoms with Crippen LogP contribution in [0.5, 0.6) is 0 Å². The van der Waals surface area contributed by atoms with Crippen LogP contribution in [0.4, 0.5) is 0 Å². The summed E-state index contributed by atoms with van der Waals surface area (Å²) in [5, 5.41) is 16.5. The van der Waals surface area contributed by atoms with Gasteiger partial charge in [-0.15, -0.1) is 0 Å². The summed E-state index contributed by atoms with van der Waals surface area (Å²) in [6.07, 6.45) is 0. The predicted molar refractivity (Wildman–Crippen MR) is 57.0 cm³/mol. The van der Waals surface area contributed by atoms with Crippen LogP contribution in [-0.4, -0.2) is 36.7 Å². The molecule has 0 aliphatic rings. The van der Waals surface area contributed by atoms with Crippen molar-refractivity contribution in [1.29, 1.82) is 0 Å². The van der Waals surface area contributed by atoms with Crippen molar-refractivity contribution in [2.24, 2.45) is 5.73 Å². The van der Waals surface area contributed by atoms with Gasteiger partial charge in [0.1, 0.15) is 0 Å². The Morgan fingerprint density at radius 1 is 1.07 bits per heavy atom. The third-order valence-corrected chi connectivity index (χ3v) is 2.81. The van der Waals surface area contributed by atoms with Crippen molar-refractivity contribution < 1.29 is 10.2 Å². The van der Waals surface area contributed by atoms with Crippen molar-refractivity contribution in [2.45, 2.75) is 11.0 Å². The van der Waals surface area contributed by atoms with Gasteiger partial charge in [-0.3, -0.25) is 0 Å². The molecule has 0 heterocycles. The van der Waals surface area contributed by atoms with Gasteiger partial charge in [0, 0.05) is 0 Å². The Bertz CT molecular complexity index is 196. The van der Waals surface area contributed by atoms with Crippen LogP contribution in [0.3, 0.4) is 0 Å². The summed E-state index contributed by atoms with van der Waals surface area (Å²) in [5.74, 6) is 0. The summed E-state index contributed by atoms with van der Waals surface area (Å²) in [7, 11) is 1.50. The van der Waals surface area contributed by atoms with Crippen molar-refractivity contribution >= 4 is 22.5 Å². The molecule has 2 N–H and O–H groups in total. The van der Waals surface area contributed by atoms with E-state index in [0.29, 0.717) is 6.54 Å². The molecule has 0 unspecified atom stereocenters. The van der Waals surface area contributed by atoms with Gasteiger partial charge in [-0.2, -0.15) is 14.2 Å². The van der Waals surface area contributed by atoms with E-state index in [4.69, 9.17) is 15.9 Å². The van der Waals surface area contributed by atoms with Crippen molar-refractivity contribution in [1.82, 2.24) is 0 Å². The Kier molecular flexibility index (Phi) is 15.0. The second-order valence-electron chi connectivity index (χ2n) is 2.18. The Hall–Kier alpha value is -0.101. The first-order chi connectivity index (χ1) is 6.88. The van der Waals surface area contributed by atoms with Gasteiger partial charge in [-0.05, 0) is 0 Å². The van der Waals surface area contributed by atoms with E-state index in [1.807, 2.05) is 6.07 Å². The molecular formula is C10H17NO2Sn. The molecule has 1 rings (SSSR count). The third kappa shape index (κ3) is 6.37. The quantitative estimate of drug-likeness (QED) is 0.676. The molecule has 0 fully saturated rings. The zero-order valence-electron chi connectivity index (χ0n) is 8.69. The number of benzene rings is 1. The molecule has 1 aromatic rings. The Balaban J connectivity index is 0. The summed E-state index contributed by atoms with van der Waals surface area (Å²) in [4.78, 5) is 0. The molecule has 78 valence electrons. The molecule has 3 nitrogen and oxygen atoms in total. The number of rotatable bonds is 2. The van der Waals surface area contributed by atoms with Crippen LogP contribution in [0.2, 0.25) is 0 Å². The molecule has 0 aliphatic heterocycles. The van der Waals surface area contributed by atoms with Crippen molar-refractivity contribution in [3.63, 3.8) is 0 Å². The summed E-state index contributed by atoms with van der Waals surface area (Å²) in [6, 6.07) is 8.38. The standard InChI is InChI=1S/C8H10N.2CH3O.Sn.H/c1-7-4-2-3-5-8(7)6-9;2*1-2;;/h2-5H,1,6,9H2;2*1H3;;/q;2*-1;+2;. The molecule has 0 bridgehead atoms. The summed E-state index contributed by atoms with van der Waals surface area (Å²) >= 11 is 1.28. The average Bonchev–Trinajstić information content (AvgIpc) is 2.34. The topological polar surface area (TPSA) is 72.1 Å². The molecule has 0 saturated heterocycles. The number of hydrogen-bond donors (Lipinski definition) is 1. The second-order valence-corrected chi connectivity index (χ2v) is 3.34.